The van der Waals surface area contributed by atoms with E-state index < -0.39 is 0 Å². The van der Waals surface area contributed by atoms with E-state index in [0.29, 0.717) is 11.5 Å². The maximum Gasteiger partial charge on any atom is 0.0309 e. The number of hydrogen-bond acceptors (Lipinski definition) is 2. The van der Waals surface area contributed by atoms with Crippen LogP contribution in [0.15, 0.2) is 30.3 Å². The van der Waals surface area contributed by atoms with Crippen LogP contribution in [0.1, 0.15) is 52.0 Å². The first kappa shape index (κ1) is 14.5. The molecule has 0 radical (unpaired) electrons. The van der Waals surface area contributed by atoms with Gasteiger partial charge in [0.1, 0.15) is 0 Å². The van der Waals surface area contributed by atoms with Gasteiger partial charge in [0.05, 0.1) is 0 Å². The van der Waals surface area contributed by atoms with Crippen molar-refractivity contribution in [3.05, 3.63) is 35.9 Å². The van der Waals surface area contributed by atoms with Crippen LogP contribution in [0.3, 0.4) is 0 Å². The Bertz CT molecular complexity index is 382. The lowest BCUT2D eigenvalue weighted by atomic mass is 9.81. The van der Waals surface area contributed by atoms with Crippen molar-refractivity contribution >= 4 is 0 Å². The van der Waals surface area contributed by atoms with E-state index in [1.165, 1.54) is 31.2 Å². The molecule has 2 atom stereocenters. The summed E-state index contributed by atoms with van der Waals surface area (Å²) in [5.74, 6) is 7.35. The van der Waals surface area contributed by atoms with Crippen LogP contribution in [-0.2, 0) is 5.41 Å². The summed E-state index contributed by atoms with van der Waals surface area (Å²) < 4.78 is 0. The molecule has 1 aliphatic rings. The number of rotatable bonds is 7. The fraction of sp³-hybridized carbons (Fsp3) is 0.647. The third-order valence-electron chi connectivity index (χ3n) is 4.52. The zero-order valence-electron chi connectivity index (χ0n) is 12.5. The Balaban J connectivity index is 2.05. The average molecular weight is 260 g/mol. The highest BCUT2D eigenvalue weighted by Gasteiger charge is 2.50. The van der Waals surface area contributed by atoms with Crippen LogP contribution < -0.4 is 11.3 Å². The highest BCUT2D eigenvalue weighted by molar-refractivity contribution is 5.33. The second-order valence-corrected chi connectivity index (χ2v) is 6.71. The molecule has 2 nitrogen and oxygen atoms in total. The molecule has 106 valence electrons. The lowest BCUT2D eigenvalue weighted by molar-refractivity contribution is 0.312. The van der Waals surface area contributed by atoms with Crippen LogP contribution in [0.25, 0.3) is 0 Å². The minimum atomic E-state index is 0.293. The number of benzene rings is 1. The van der Waals surface area contributed by atoms with Gasteiger partial charge in [-0.2, -0.15) is 0 Å². The number of nitrogens with one attached hydrogen (secondary N) is 1. The minimum Gasteiger partial charge on any atom is -0.271 e. The number of hydrazine groups is 1. The van der Waals surface area contributed by atoms with Gasteiger partial charge in [-0.3, -0.25) is 11.3 Å². The lowest BCUT2D eigenvalue weighted by Gasteiger charge is -2.30. The number of hydrogen-bond donors (Lipinski definition) is 2. The maximum absolute atomic E-state index is 5.87. The van der Waals surface area contributed by atoms with Gasteiger partial charge in [-0.25, -0.2) is 0 Å². The summed E-state index contributed by atoms with van der Waals surface area (Å²) in [5.41, 5.74) is 4.85. The van der Waals surface area contributed by atoms with Crippen LogP contribution in [0.2, 0.25) is 0 Å². The Morgan fingerprint density at radius 2 is 1.74 bits per heavy atom. The molecular weight excluding hydrogens is 232 g/mol. The van der Waals surface area contributed by atoms with E-state index in [2.05, 4.69) is 56.5 Å². The van der Waals surface area contributed by atoms with Crippen LogP contribution in [0.4, 0.5) is 0 Å². The molecule has 0 saturated heterocycles. The van der Waals surface area contributed by atoms with Crippen LogP contribution >= 0.6 is 0 Å². The molecule has 0 aliphatic heterocycles. The van der Waals surface area contributed by atoms with Crippen LogP contribution in [0, 0.1) is 11.8 Å². The summed E-state index contributed by atoms with van der Waals surface area (Å²) in [5, 5.41) is 0. The van der Waals surface area contributed by atoms with Gasteiger partial charge >= 0.3 is 0 Å². The SMILES string of the molecule is CC(C)CC(C)CC(NN)C1(c2ccccc2)CC1. The average Bonchev–Trinajstić information content (AvgIpc) is 3.17. The zero-order chi connectivity index (χ0) is 13.9. The molecule has 0 spiro atoms. The highest BCUT2D eigenvalue weighted by atomic mass is 15.2. The van der Waals surface area contributed by atoms with Crippen molar-refractivity contribution in [1.29, 1.82) is 0 Å². The Morgan fingerprint density at radius 1 is 1.11 bits per heavy atom. The van der Waals surface area contributed by atoms with Gasteiger partial charge in [0.25, 0.3) is 0 Å². The van der Waals surface area contributed by atoms with E-state index in [4.69, 9.17) is 5.84 Å². The molecule has 0 heterocycles. The molecule has 3 N–H and O–H groups in total. The second-order valence-electron chi connectivity index (χ2n) is 6.71. The minimum absolute atomic E-state index is 0.293. The molecule has 1 saturated carbocycles. The summed E-state index contributed by atoms with van der Waals surface area (Å²) in [7, 11) is 0. The molecule has 0 amide bonds. The predicted molar refractivity (Wildman–Crippen MR) is 81.7 cm³/mol. The highest BCUT2D eigenvalue weighted by Crippen LogP contribution is 2.52. The fourth-order valence-electron chi connectivity index (χ4n) is 3.50. The Kier molecular flexibility index (Phi) is 4.64. The summed E-state index contributed by atoms with van der Waals surface area (Å²) >= 11 is 0. The Labute approximate surface area is 117 Å². The summed E-state index contributed by atoms with van der Waals surface area (Å²) in [6.07, 6.45) is 4.98. The van der Waals surface area contributed by atoms with Gasteiger partial charge in [0.15, 0.2) is 0 Å². The Morgan fingerprint density at radius 3 is 2.21 bits per heavy atom. The first-order valence-electron chi connectivity index (χ1n) is 7.60. The molecule has 2 unspecified atom stereocenters. The number of nitrogens with two attached hydrogens (primary N) is 1. The van der Waals surface area contributed by atoms with Crippen LogP contribution in [0.5, 0.6) is 0 Å². The van der Waals surface area contributed by atoms with Gasteiger partial charge in [-0.15, -0.1) is 0 Å². The summed E-state index contributed by atoms with van der Waals surface area (Å²) in [6.45, 7) is 6.95. The maximum atomic E-state index is 5.87. The molecule has 1 aromatic rings. The molecule has 0 bridgehead atoms. The third-order valence-corrected chi connectivity index (χ3v) is 4.52. The van der Waals surface area contributed by atoms with Gasteiger partial charge in [-0.1, -0.05) is 51.1 Å². The quantitative estimate of drug-likeness (QED) is 0.580. The summed E-state index contributed by atoms with van der Waals surface area (Å²) in [6, 6.07) is 11.3. The topological polar surface area (TPSA) is 38.0 Å². The third kappa shape index (κ3) is 3.37. The second kappa shape index (κ2) is 6.06. The predicted octanol–water partition coefficient (Wildman–Crippen LogP) is 3.62. The van der Waals surface area contributed by atoms with Crippen molar-refractivity contribution < 1.29 is 0 Å². The normalized spacial score (nSPS) is 20.3. The molecule has 2 heteroatoms. The van der Waals surface area contributed by atoms with Crippen LogP contribution in [-0.4, -0.2) is 6.04 Å². The van der Waals surface area contributed by atoms with E-state index >= 15 is 0 Å². The van der Waals surface area contributed by atoms with Gasteiger partial charge in [0, 0.05) is 11.5 Å². The van der Waals surface area contributed by atoms with E-state index in [-0.39, 0.29) is 0 Å². The van der Waals surface area contributed by atoms with Crippen molar-refractivity contribution in [1.82, 2.24) is 5.43 Å². The van der Waals surface area contributed by atoms with Crippen molar-refractivity contribution in [3.63, 3.8) is 0 Å². The van der Waals surface area contributed by atoms with Gasteiger partial charge in [0.2, 0.25) is 0 Å². The van der Waals surface area contributed by atoms with Crippen molar-refractivity contribution in [3.8, 4) is 0 Å². The lowest BCUT2D eigenvalue weighted by Crippen LogP contribution is -2.45. The molecule has 1 aliphatic carbocycles. The molecule has 1 aromatic carbocycles. The van der Waals surface area contributed by atoms with Gasteiger partial charge < -0.3 is 0 Å². The monoisotopic (exact) mass is 260 g/mol. The van der Waals surface area contributed by atoms with Gasteiger partial charge in [-0.05, 0) is 43.1 Å². The van der Waals surface area contributed by atoms with E-state index in [0.717, 1.165) is 11.8 Å². The summed E-state index contributed by atoms with van der Waals surface area (Å²) in [4.78, 5) is 0. The molecule has 2 rings (SSSR count). The Hall–Kier alpha value is -0.860. The molecule has 1 fully saturated rings. The van der Waals surface area contributed by atoms with E-state index in [1.807, 2.05) is 0 Å². The van der Waals surface area contributed by atoms with E-state index in [1.54, 1.807) is 0 Å². The smallest absolute Gasteiger partial charge is 0.0309 e. The van der Waals surface area contributed by atoms with E-state index in [9.17, 15) is 0 Å². The standard InChI is InChI=1S/C17H28N2/c1-13(2)11-14(3)12-16(19-18)17(9-10-17)15-7-5-4-6-8-15/h4-8,13-14,16,19H,9-12,18H2,1-3H3. The fourth-order valence-corrected chi connectivity index (χ4v) is 3.50. The first-order chi connectivity index (χ1) is 9.08. The first-order valence-corrected chi connectivity index (χ1v) is 7.60. The van der Waals surface area contributed by atoms with Crippen molar-refractivity contribution in [2.24, 2.45) is 17.7 Å². The van der Waals surface area contributed by atoms with Crippen molar-refractivity contribution in [2.45, 2.75) is 57.9 Å². The molecular formula is C17H28N2. The van der Waals surface area contributed by atoms with Crippen molar-refractivity contribution in [2.75, 3.05) is 0 Å². The molecule has 19 heavy (non-hydrogen) atoms. The molecule has 0 aromatic heterocycles. The largest absolute Gasteiger partial charge is 0.271 e. The zero-order valence-corrected chi connectivity index (χ0v) is 12.5.